The standard InChI is InChI=1S/C6H10N2O2/c9-4-6(10)1-5-2-7-8-3-5/h2-3,6,9-10H,1,4H2,(H,7,8). The second-order valence-corrected chi connectivity index (χ2v) is 2.15. The van der Waals surface area contributed by atoms with E-state index in [2.05, 4.69) is 10.2 Å². The molecule has 1 aromatic rings. The van der Waals surface area contributed by atoms with Gasteiger partial charge in [0.15, 0.2) is 0 Å². The van der Waals surface area contributed by atoms with Crippen molar-refractivity contribution < 1.29 is 10.2 Å². The summed E-state index contributed by atoms with van der Waals surface area (Å²) < 4.78 is 0. The summed E-state index contributed by atoms with van der Waals surface area (Å²) in [6.45, 7) is -0.203. The fourth-order valence-electron chi connectivity index (χ4n) is 0.726. The minimum Gasteiger partial charge on any atom is -0.394 e. The molecule has 4 heteroatoms. The van der Waals surface area contributed by atoms with Crippen LogP contribution < -0.4 is 0 Å². The Hall–Kier alpha value is -0.870. The highest BCUT2D eigenvalue weighted by Crippen LogP contribution is 1.98. The normalized spacial score (nSPS) is 13.4. The molecule has 0 aliphatic rings. The molecule has 0 aliphatic heterocycles. The molecule has 1 aromatic heterocycles. The summed E-state index contributed by atoms with van der Waals surface area (Å²) in [6.07, 6.45) is 3.10. The summed E-state index contributed by atoms with van der Waals surface area (Å²) in [5.41, 5.74) is 0.904. The van der Waals surface area contributed by atoms with E-state index < -0.39 is 6.10 Å². The van der Waals surface area contributed by atoms with Crippen molar-refractivity contribution in [2.24, 2.45) is 0 Å². The van der Waals surface area contributed by atoms with Crippen molar-refractivity contribution in [3.8, 4) is 0 Å². The molecule has 1 unspecified atom stereocenters. The van der Waals surface area contributed by atoms with E-state index in [1.54, 1.807) is 12.4 Å². The van der Waals surface area contributed by atoms with Gasteiger partial charge in [0.2, 0.25) is 0 Å². The molecule has 4 nitrogen and oxygen atoms in total. The van der Waals surface area contributed by atoms with Crippen molar-refractivity contribution in [3.63, 3.8) is 0 Å². The van der Waals surface area contributed by atoms with Crippen molar-refractivity contribution in [1.29, 1.82) is 0 Å². The van der Waals surface area contributed by atoms with Gasteiger partial charge in [0.1, 0.15) is 0 Å². The topological polar surface area (TPSA) is 69.1 Å². The van der Waals surface area contributed by atoms with E-state index in [1.165, 1.54) is 0 Å². The highest BCUT2D eigenvalue weighted by atomic mass is 16.3. The van der Waals surface area contributed by atoms with Gasteiger partial charge in [-0.1, -0.05) is 0 Å². The number of aromatic amines is 1. The molecular weight excluding hydrogens is 132 g/mol. The van der Waals surface area contributed by atoms with Gasteiger partial charge in [-0.15, -0.1) is 0 Å². The molecule has 0 fully saturated rings. The van der Waals surface area contributed by atoms with Crippen molar-refractivity contribution >= 4 is 0 Å². The highest BCUT2D eigenvalue weighted by Gasteiger charge is 2.02. The molecule has 0 radical (unpaired) electrons. The maximum Gasteiger partial charge on any atom is 0.0812 e. The lowest BCUT2D eigenvalue weighted by molar-refractivity contribution is 0.0955. The van der Waals surface area contributed by atoms with Crippen LogP contribution in [0, 0.1) is 0 Å². The first-order valence-electron chi connectivity index (χ1n) is 3.09. The molecule has 0 amide bonds. The van der Waals surface area contributed by atoms with Gasteiger partial charge < -0.3 is 10.2 Å². The van der Waals surface area contributed by atoms with Crippen molar-refractivity contribution in [2.75, 3.05) is 6.61 Å². The van der Waals surface area contributed by atoms with Gasteiger partial charge >= 0.3 is 0 Å². The molecule has 1 heterocycles. The van der Waals surface area contributed by atoms with Crippen LogP contribution in [-0.4, -0.2) is 33.1 Å². The van der Waals surface area contributed by atoms with Crippen LogP contribution in [0.1, 0.15) is 5.56 Å². The fourth-order valence-corrected chi connectivity index (χ4v) is 0.726. The Morgan fingerprint density at radius 3 is 3.00 bits per heavy atom. The van der Waals surface area contributed by atoms with Gasteiger partial charge in [-0.25, -0.2) is 0 Å². The molecule has 0 aliphatic carbocycles. The molecule has 0 aromatic carbocycles. The first kappa shape index (κ1) is 7.24. The van der Waals surface area contributed by atoms with Crippen molar-refractivity contribution in [2.45, 2.75) is 12.5 Å². The number of nitrogens with zero attached hydrogens (tertiary/aromatic N) is 1. The first-order chi connectivity index (χ1) is 4.83. The summed E-state index contributed by atoms with van der Waals surface area (Å²) in [4.78, 5) is 0. The van der Waals surface area contributed by atoms with Gasteiger partial charge in [0.05, 0.1) is 18.9 Å². The lowest BCUT2D eigenvalue weighted by Gasteiger charge is -2.02. The van der Waals surface area contributed by atoms with Gasteiger partial charge in [-0.05, 0) is 5.56 Å². The predicted octanol–water partition coefficient (Wildman–Crippen LogP) is -0.695. The van der Waals surface area contributed by atoms with Crippen LogP contribution in [0.25, 0.3) is 0 Å². The Balaban J connectivity index is 2.40. The number of aliphatic hydroxyl groups excluding tert-OH is 2. The third kappa shape index (κ3) is 1.82. The number of rotatable bonds is 3. The summed E-state index contributed by atoms with van der Waals surface area (Å²) in [7, 11) is 0. The van der Waals surface area contributed by atoms with Gasteiger partial charge in [-0.2, -0.15) is 5.10 Å². The minimum absolute atomic E-state index is 0.203. The molecule has 1 rings (SSSR count). The second kappa shape index (κ2) is 3.34. The third-order valence-electron chi connectivity index (χ3n) is 1.24. The molecule has 0 saturated carbocycles. The van der Waals surface area contributed by atoms with Crippen molar-refractivity contribution in [3.05, 3.63) is 18.0 Å². The van der Waals surface area contributed by atoms with Crippen LogP contribution in [0.15, 0.2) is 12.4 Å². The molecular formula is C6H10N2O2. The molecule has 0 bridgehead atoms. The van der Waals surface area contributed by atoms with E-state index in [1.807, 2.05) is 0 Å². The number of hydrogen-bond donors (Lipinski definition) is 3. The molecule has 0 spiro atoms. The van der Waals surface area contributed by atoms with Crippen LogP contribution in [0.4, 0.5) is 0 Å². The number of H-pyrrole nitrogens is 1. The lowest BCUT2D eigenvalue weighted by Crippen LogP contribution is -2.14. The number of nitrogens with one attached hydrogen (secondary N) is 1. The molecule has 0 saturated heterocycles. The summed E-state index contributed by atoms with van der Waals surface area (Å²) in [6, 6.07) is 0. The summed E-state index contributed by atoms with van der Waals surface area (Å²) in [5, 5.41) is 23.7. The molecule has 10 heavy (non-hydrogen) atoms. The summed E-state index contributed by atoms with van der Waals surface area (Å²) in [5.74, 6) is 0. The van der Waals surface area contributed by atoms with E-state index in [0.29, 0.717) is 6.42 Å². The third-order valence-corrected chi connectivity index (χ3v) is 1.24. The van der Waals surface area contributed by atoms with Crippen LogP contribution in [0.5, 0.6) is 0 Å². The Kier molecular flexibility index (Phi) is 2.42. The van der Waals surface area contributed by atoms with E-state index >= 15 is 0 Å². The van der Waals surface area contributed by atoms with E-state index in [-0.39, 0.29) is 6.61 Å². The zero-order valence-electron chi connectivity index (χ0n) is 5.49. The number of aliphatic hydroxyl groups is 2. The average molecular weight is 142 g/mol. The zero-order valence-corrected chi connectivity index (χ0v) is 5.49. The van der Waals surface area contributed by atoms with Gasteiger partial charge in [0, 0.05) is 12.6 Å². The fraction of sp³-hybridized carbons (Fsp3) is 0.500. The zero-order chi connectivity index (χ0) is 7.40. The smallest absolute Gasteiger partial charge is 0.0812 e. The summed E-state index contributed by atoms with van der Waals surface area (Å²) >= 11 is 0. The Labute approximate surface area is 58.5 Å². The first-order valence-corrected chi connectivity index (χ1v) is 3.09. The van der Waals surface area contributed by atoms with E-state index in [4.69, 9.17) is 10.2 Å². The SMILES string of the molecule is OCC(O)Cc1cn[nH]c1. The maximum atomic E-state index is 8.94. The monoisotopic (exact) mass is 142 g/mol. The number of aromatic nitrogens is 2. The van der Waals surface area contributed by atoms with E-state index in [9.17, 15) is 0 Å². The Morgan fingerprint density at radius 1 is 1.70 bits per heavy atom. The molecule has 56 valence electrons. The predicted molar refractivity (Wildman–Crippen MR) is 35.4 cm³/mol. The van der Waals surface area contributed by atoms with Crippen LogP contribution in [-0.2, 0) is 6.42 Å². The Morgan fingerprint density at radius 2 is 2.50 bits per heavy atom. The second-order valence-electron chi connectivity index (χ2n) is 2.15. The number of hydrogen-bond acceptors (Lipinski definition) is 3. The largest absolute Gasteiger partial charge is 0.394 e. The van der Waals surface area contributed by atoms with Gasteiger partial charge in [-0.3, -0.25) is 5.10 Å². The van der Waals surface area contributed by atoms with E-state index in [0.717, 1.165) is 5.56 Å². The minimum atomic E-state index is -0.669. The quantitative estimate of drug-likeness (QED) is 0.523. The van der Waals surface area contributed by atoms with Crippen LogP contribution >= 0.6 is 0 Å². The highest BCUT2D eigenvalue weighted by molar-refractivity contribution is 5.03. The molecule has 1 atom stereocenters. The van der Waals surface area contributed by atoms with Crippen LogP contribution in [0.3, 0.4) is 0 Å². The Bertz CT molecular complexity index is 174. The van der Waals surface area contributed by atoms with Crippen LogP contribution in [0.2, 0.25) is 0 Å². The lowest BCUT2D eigenvalue weighted by atomic mass is 10.2. The van der Waals surface area contributed by atoms with Crippen molar-refractivity contribution in [1.82, 2.24) is 10.2 Å². The molecule has 3 N–H and O–H groups in total. The average Bonchev–Trinajstić information content (AvgIpc) is 2.40. The van der Waals surface area contributed by atoms with Gasteiger partial charge in [0.25, 0.3) is 0 Å². The maximum absolute atomic E-state index is 8.94.